The predicted molar refractivity (Wildman–Crippen MR) is 112 cm³/mol. The quantitative estimate of drug-likeness (QED) is 0.766. The van der Waals surface area contributed by atoms with Gasteiger partial charge in [0.2, 0.25) is 0 Å². The highest BCUT2D eigenvalue weighted by Gasteiger charge is 2.47. The lowest BCUT2D eigenvalue weighted by atomic mass is 9.87. The van der Waals surface area contributed by atoms with E-state index >= 15 is 0 Å². The number of carbonyl (C=O) groups is 1. The summed E-state index contributed by atoms with van der Waals surface area (Å²) in [4.78, 5) is 15.7. The Hall–Kier alpha value is -2.33. The van der Waals surface area contributed by atoms with E-state index in [0.29, 0.717) is 29.8 Å². The summed E-state index contributed by atoms with van der Waals surface area (Å²) >= 11 is 0. The Labute approximate surface area is 167 Å². The van der Waals surface area contributed by atoms with Gasteiger partial charge in [0, 0.05) is 25.6 Å². The molecule has 2 fully saturated rings. The standard InChI is InChI=1S/C24H30N2O2/c1-3-4-13-28-22-12-8-7-11-20(22)24(27)26-16-18-14-25-15-21(18)23(26)19-10-6-5-9-17(19)2/h5-12,18,21,23,25H,3-4,13-16H2,1-2H3/t18-,21-,23-/m0/s1. The fraction of sp³-hybridized carbons (Fsp3) is 0.458. The van der Waals surface area contributed by atoms with Gasteiger partial charge in [0.25, 0.3) is 5.91 Å². The molecule has 2 saturated heterocycles. The number of nitrogens with zero attached hydrogens (tertiary/aromatic N) is 1. The van der Waals surface area contributed by atoms with Crippen LogP contribution in [-0.4, -0.2) is 37.0 Å². The molecule has 2 aromatic rings. The Balaban J connectivity index is 1.66. The Morgan fingerprint density at radius 3 is 2.75 bits per heavy atom. The van der Waals surface area contributed by atoms with Gasteiger partial charge in [0.1, 0.15) is 5.75 Å². The number of benzene rings is 2. The summed E-state index contributed by atoms with van der Waals surface area (Å²) in [5.74, 6) is 1.79. The van der Waals surface area contributed by atoms with E-state index in [-0.39, 0.29) is 11.9 Å². The second kappa shape index (κ2) is 8.36. The number of hydrogen-bond acceptors (Lipinski definition) is 3. The van der Waals surface area contributed by atoms with Crippen LogP contribution in [0.3, 0.4) is 0 Å². The maximum absolute atomic E-state index is 13.7. The van der Waals surface area contributed by atoms with Gasteiger partial charge >= 0.3 is 0 Å². The molecule has 4 nitrogen and oxygen atoms in total. The lowest BCUT2D eigenvalue weighted by Crippen LogP contribution is -2.35. The van der Waals surface area contributed by atoms with E-state index in [4.69, 9.17) is 4.74 Å². The van der Waals surface area contributed by atoms with Gasteiger partial charge in [-0.05, 0) is 42.5 Å². The first-order chi connectivity index (χ1) is 13.7. The Kier molecular flexibility index (Phi) is 5.67. The fourth-order valence-electron chi connectivity index (χ4n) is 4.70. The van der Waals surface area contributed by atoms with E-state index < -0.39 is 0 Å². The Morgan fingerprint density at radius 1 is 1.14 bits per heavy atom. The van der Waals surface area contributed by atoms with Crippen LogP contribution in [0.4, 0.5) is 0 Å². The number of hydrogen-bond donors (Lipinski definition) is 1. The number of nitrogens with one attached hydrogen (secondary N) is 1. The van der Waals surface area contributed by atoms with Crippen LogP contribution in [0.25, 0.3) is 0 Å². The first kappa shape index (κ1) is 19.0. The van der Waals surface area contributed by atoms with Crippen molar-refractivity contribution in [2.24, 2.45) is 11.8 Å². The normalized spacial score (nSPS) is 23.6. The van der Waals surface area contributed by atoms with E-state index in [1.807, 2.05) is 24.3 Å². The number of para-hydroxylation sites is 1. The predicted octanol–water partition coefficient (Wildman–Crippen LogP) is 4.21. The van der Waals surface area contributed by atoms with Crippen LogP contribution in [0.1, 0.15) is 47.3 Å². The molecule has 0 radical (unpaired) electrons. The van der Waals surface area contributed by atoms with Crippen molar-refractivity contribution in [3.63, 3.8) is 0 Å². The van der Waals surface area contributed by atoms with Gasteiger partial charge in [-0.15, -0.1) is 0 Å². The van der Waals surface area contributed by atoms with Gasteiger partial charge in [-0.1, -0.05) is 49.7 Å². The molecule has 148 valence electrons. The van der Waals surface area contributed by atoms with Crippen LogP contribution in [0.5, 0.6) is 5.75 Å². The molecule has 0 aromatic heterocycles. The van der Waals surface area contributed by atoms with Crippen molar-refractivity contribution >= 4 is 5.91 Å². The zero-order valence-electron chi connectivity index (χ0n) is 16.9. The fourth-order valence-corrected chi connectivity index (χ4v) is 4.70. The highest BCUT2D eigenvalue weighted by molar-refractivity contribution is 5.97. The van der Waals surface area contributed by atoms with Gasteiger partial charge in [0.05, 0.1) is 18.2 Å². The smallest absolute Gasteiger partial charge is 0.258 e. The Morgan fingerprint density at radius 2 is 1.93 bits per heavy atom. The van der Waals surface area contributed by atoms with Crippen molar-refractivity contribution in [2.75, 3.05) is 26.2 Å². The lowest BCUT2D eigenvalue weighted by molar-refractivity contribution is 0.0709. The number of ether oxygens (including phenoxy) is 1. The number of fused-ring (bicyclic) bond motifs is 1. The van der Waals surface area contributed by atoms with Crippen LogP contribution >= 0.6 is 0 Å². The zero-order chi connectivity index (χ0) is 19.5. The minimum Gasteiger partial charge on any atom is -0.493 e. The van der Waals surface area contributed by atoms with Crippen molar-refractivity contribution < 1.29 is 9.53 Å². The summed E-state index contributed by atoms with van der Waals surface area (Å²) < 4.78 is 5.96. The first-order valence-electron chi connectivity index (χ1n) is 10.5. The number of rotatable bonds is 6. The molecular formula is C24H30N2O2. The second-order valence-corrected chi connectivity index (χ2v) is 8.04. The van der Waals surface area contributed by atoms with E-state index in [0.717, 1.165) is 32.5 Å². The molecule has 0 aliphatic carbocycles. The minimum absolute atomic E-state index is 0.0924. The largest absolute Gasteiger partial charge is 0.493 e. The average Bonchev–Trinajstić information content (AvgIpc) is 3.30. The third-order valence-electron chi connectivity index (χ3n) is 6.21. The molecule has 1 amide bonds. The van der Waals surface area contributed by atoms with E-state index in [1.54, 1.807) is 0 Å². The SMILES string of the molecule is CCCCOc1ccccc1C(=O)N1C[C@@H]2CNC[C@@H]2[C@@H]1c1ccccc1C. The summed E-state index contributed by atoms with van der Waals surface area (Å²) in [5, 5.41) is 3.53. The maximum atomic E-state index is 13.7. The van der Waals surface area contributed by atoms with Gasteiger partial charge in [-0.3, -0.25) is 4.79 Å². The zero-order valence-corrected chi connectivity index (χ0v) is 16.9. The monoisotopic (exact) mass is 378 g/mol. The number of amides is 1. The molecule has 4 rings (SSSR count). The molecule has 1 N–H and O–H groups in total. The molecule has 0 spiro atoms. The van der Waals surface area contributed by atoms with Crippen LogP contribution in [-0.2, 0) is 0 Å². The van der Waals surface area contributed by atoms with Crippen molar-refractivity contribution in [1.82, 2.24) is 10.2 Å². The third-order valence-corrected chi connectivity index (χ3v) is 6.21. The van der Waals surface area contributed by atoms with Gasteiger partial charge in [0.15, 0.2) is 0 Å². The van der Waals surface area contributed by atoms with Crippen molar-refractivity contribution in [3.05, 3.63) is 65.2 Å². The third kappa shape index (κ3) is 3.53. The molecule has 3 atom stereocenters. The summed E-state index contributed by atoms with van der Waals surface area (Å²) in [6.07, 6.45) is 2.07. The van der Waals surface area contributed by atoms with Crippen molar-refractivity contribution in [2.45, 2.75) is 32.7 Å². The van der Waals surface area contributed by atoms with Gasteiger partial charge in [-0.25, -0.2) is 0 Å². The molecule has 0 unspecified atom stereocenters. The molecule has 2 aliphatic heterocycles. The summed E-state index contributed by atoms with van der Waals surface area (Å²) in [6, 6.07) is 16.3. The minimum atomic E-state index is 0.0924. The van der Waals surface area contributed by atoms with Crippen LogP contribution in [0, 0.1) is 18.8 Å². The lowest BCUT2D eigenvalue weighted by Gasteiger charge is -2.30. The average molecular weight is 379 g/mol. The molecule has 2 aliphatic rings. The maximum Gasteiger partial charge on any atom is 0.258 e. The molecule has 0 bridgehead atoms. The number of aryl methyl sites for hydroxylation is 1. The van der Waals surface area contributed by atoms with Crippen molar-refractivity contribution in [1.29, 1.82) is 0 Å². The molecule has 4 heteroatoms. The van der Waals surface area contributed by atoms with Crippen LogP contribution < -0.4 is 10.1 Å². The highest BCUT2D eigenvalue weighted by atomic mass is 16.5. The first-order valence-corrected chi connectivity index (χ1v) is 10.5. The van der Waals surface area contributed by atoms with E-state index in [2.05, 4.69) is 48.3 Å². The molecular weight excluding hydrogens is 348 g/mol. The molecule has 28 heavy (non-hydrogen) atoms. The molecule has 2 aromatic carbocycles. The Bertz CT molecular complexity index is 835. The number of carbonyl (C=O) groups excluding carboxylic acids is 1. The molecule has 0 saturated carbocycles. The van der Waals surface area contributed by atoms with Gasteiger partial charge in [-0.2, -0.15) is 0 Å². The number of unbranched alkanes of at least 4 members (excludes halogenated alkanes) is 1. The number of likely N-dealkylation sites (tertiary alicyclic amines) is 1. The van der Waals surface area contributed by atoms with Crippen molar-refractivity contribution in [3.8, 4) is 5.75 Å². The van der Waals surface area contributed by atoms with E-state index in [1.165, 1.54) is 11.1 Å². The van der Waals surface area contributed by atoms with Crippen LogP contribution in [0.15, 0.2) is 48.5 Å². The topological polar surface area (TPSA) is 41.6 Å². The molecule has 2 heterocycles. The second-order valence-electron chi connectivity index (χ2n) is 8.04. The summed E-state index contributed by atoms with van der Waals surface area (Å²) in [5.41, 5.74) is 3.21. The van der Waals surface area contributed by atoms with E-state index in [9.17, 15) is 4.79 Å². The summed E-state index contributed by atoms with van der Waals surface area (Å²) in [6.45, 7) is 7.71. The van der Waals surface area contributed by atoms with Gasteiger partial charge < -0.3 is 15.0 Å². The summed E-state index contributed by atoms with van der Waals surface area (Å²) in [7, 11) is 0. The highest BCUT2D eigenvalue weighted by Crippen LogP contribution is 2.44. The van der Waals surface area contributed by atoms with Crippen LogP contribution in [0.2, 0.25) is 0 Å².